The molecule has 0 spiro atoms. The van der Waals surface area contributed by atoms with Crippen molar-refractivity contribution in [3.05, 3.63) is 111 Å². The van der Waals surface area contributed by atoms with Gasteiger partial charge in [0.1, 0.15) is 0 Å². The minimum Gasteiger partial charge on any atom is -0.302 e. The molecule has 1 aliphatic rings. The van der Waals surface area contributed by atoms with Gasteiger partial charge in [0.25, 0.3) is 11.8 Å². The van der Waals surface area contributed by atoms with Crippen LogP contribution in [-0.2, 0) is 19.3 Å². The maximum atomic E-state index is 13.7. The van der Waals surface area contributed by atoms with Crippen molar-refractivity contribution in [1.29, 1.82) is 0 Å². The number of carbonyl (C=O) groups is 3. The lowest BCUT2D eigenvalue weighted by molar-refractivity contribution is -0.137. The molecule has 0 aliphatic carbocycles. The predicted molar refractivity (Wildman–Crippen MR) is 139 cm³/mol. The highest BCUT2D eigenvalue weighted by molar-refractivity contribution is 6.35. The summed E-state index contributed by atoms with van der Waals surface area (Å²) in [6.07, 6.45) is -4.73. The van der Waals surface area contributed by atoms with Crippen LogP contribution in [0.4, 0.5) is 13.2 Å². The maximum absolute atomic E-state index is 13.7. The first-order valence-electron chi connectivity index (χ1n) is 12.0. The maximum Gasteiger partial charge on any atom is 0.416 e. The molecule has 0 saturated carbocycles. The summed E-state index contributed by atoms with van der Waals surface area (Å²) >= 11 is 6.23. The van der Waals surface area contributed by atoms with Crippen LogP contribution in [0, 0.1) is 0 Å². The first-order chi connectivity index (χ1) is 19.0. The Balaban J connectivity index is 1.68. The number of halogens is 4. The lowest BCUT2D eigenvalue weighted by Crippen LogP contribution is -2.31. The van der Waals surface area contributed by atoms with Gasteiger partial charge in [0.2, 0.25) is 0 Å². The molecule has 0 atom stereocenters. The van der Waals surface area contributed by atoms with Gasteiger partial charge in [-0.25, -0.2) is 0 Å². The Morgan fingerprint density at radius 3 is 2.08 bits per heavy atom. The monoisotopic (exact) mass is 567 g/mol. The van der Waals surface area contributed by atoms with E-state index >= 15 is 0 Å². The number of imide groups is 1. The Morgan fingerprint density at radius 1 is 0.875 bits per heavy atom. The topological polar surface area (TPSA) is 88.4 Å². The Morgan fingerprint density at radius 2 is 1.48 bits per heavy atom. The highest BCUT2D eigenvalue weighted by Gasteiger charge is 2.37. The molecule has 1 aromatic heterocycles. The summed E-state index contributed by atoms with van der Waals surface area (Å²) < 4.78 is 42.7. The van der Waals surface area contributed by atoms with Crippen molar-refractivity contribution in [2.75, 3.05) is 14.1 Å². The van der Waals surface area contributed by atoms with Gasteiger partial charge >= 0.3 is 6.18 Å². The fourth-order valence-electron chi connectivity index (χ4n) is 4.52. The van der Waals surface area contributed by atoms with Crippen LogP contribution >= 0.6 is 11.6 Å². The van der Waals surface area contributed by atoms with E-state index in [4.69, 9.17) is 11.6 Å². The van der Waals surface area contributed by atoms with E-state index in [1.165, 1.54) is 28.8 Å². The standard InChI is InChI=1S/C28H21ClF3N5O3/c1-35(2)14-23-33-34-24(15-36-26(39)17-7-3-4-8-18(17)27(36)40)37(23)22-12-11-16(28(30,31)32)13-20(22)25(38)19-9-5-6-10-21(19)29/h3-13H,14-15H2,1-2H3. The lowest BCUT2D eigenvalue weighted by atomic mass is 9.98. The van der Waals surface area contributed by atoms with E-state index in [1.807, 2.05) is 0 Å². The molecule has 0 unspecified atom stereocenters. The number of rotatable bonds is 7. The molecule has 0 saturated heterocycles. The van der Waals surface area contributed by atoms with E-state index in [1.54, 1.807) is 43.3 Å². The molecule has 0 N–H and O–H groups in total. The van der Waals surface area contributed by atoms with Crippen molar-refractivity contribution in [3.8, 4) is 5.69 Å². The minimum atomic E-state index is -4.73. The molecule has 1 aliphatic heterocycles. The first kappa shape index (κ1) is 27.2. The van der Waals surface area contributed by atoms with Crippen LogP contribution in [0.3, 0.4) is 0 Å². The van der Waals surface area contributed by atoms with Crippen LogP contribution in [0.15, 0.2) is 66.7 Å². The number of carbonyl (C=O) groups excluding carboxylic acids is 3. The molecule has 2 heterocycles. The molecule has 4 aromatic rings. The molecule has 8 nitrogen and oxygen atoms in total. The number of hydrogen-bond donors (Lipinski definition) is 0. The number of benzene rings is 3. The van der Waals surface area contributed by atoms with Crippen LogP contribution in [0.1, 0.15) is 53.8 Å². The van der Waals surface area contributed by atoms with Crippen molar-refractivity contribution in [2.45, 2.75) is 19.3 Å². The van der Waals surface area contributed by atoms with E-state index in [2.05, 4.69) is 10.2 Å². The molecule has 204 valence electrons. The second-order valence-electron chi connectivity index (χ2n) is 9.39. The summed E-state index contributed by atoms with van der Waals surface area (Å²) in [4.78, 5) is 42.5. The molecule has 12 heteroatoms. The van der Waals surface area contributed by atoms with Gasteiger partial charge in [-0.1, -0.05) is 35.9 Å². The average Bonchev–Trinajstić information content (AvgIpc) is 3.41. The van der Waals surface area contributed by atoms with E-state index in [9.17, 15) is 27.6 Å². The zero-order valence-corrected chi connectivity index (χ0v) is 22.0. The Bertz CT molecular complexity index is 1630. The van der Waals surface area contributed by atoms with Crippen LogP contribution in [0.25, 0.3) is 5.69 Å². The van der Waals surface area contributed by atoms with Crippen molar-refractivity contribution >= 4 is 29.2 Å². The van der Waals surface area contributed by atoms with Crippen LogP contribution in [0.5, 0.6) is 0 Å². The SMILES string of the molecule is CN(C)Cc1nnc(CN2C(=O)c3ccccc3C2=O)n1-c1ccc(C(F)(F)F)cc1C(=O)c1ccccc1Cl. The van der Waals surface area contributed by atoms with Gasteiger partial charge in [-0.15, -0.1) is 10.2 Å². The summed E-state index contributed by atoms with van der Waals surface area (Å²) in [6.45, 7) is -0.136. The summed E-state index contributed by atoms with van der Waals surface area (Å²) in [5, 5.41) is 8.45. The molecule has 0 fully saturated rings. The predicted octanol–water partition coefficient (Wildman–Crippen LogP) is 5.03. The fourth-order valence-corrected chi connectivity index (χ4v) is 4.74. The number of aromatic nitrogens is 3. The molecule has 40 heavy (non-hydrogen) atoms. The minimum absolute atomic E-state index is 0.00822. The lowest BCUT2D eigenvalue weighted by Gasteiger charge is -2.20. The fraction of sp³-hybridized carbons (Fsp3) is 0.179. The van der Waals surface area contributed by atoms with Gasteiger partial charge in [-0.2, -0.15) is 13.2 Å². The third kappa shape index (κ3) is 4.89. The number of nitrogens with zero attached hydrogens (tertiary/aromatic N) is 5. The second kappa shape index (κ2) is 10.3. The van der Waals surface area contributed by atoms with Gasteiger partial charge in [0.15, 0.2) is 17.4 Å². The zero-order valence-electron chi connectivity index (χ0n) is 21.2. The molecule has 5 rings (SSSR count). The molecule has 0 radical (unpaired) electrons. The number of ketones is 1. The van der Waals surface area contributed by atoms with E-state index in [0.29, 0.717) is 0 Å². The van der Waals surface area contributed by atoms with Crippen LogP contribution in [-0.4, -0.2) is 56.3 Å². The summed E-state index contributed by atoms with van der Waals surface area (Å²) in [5.74, 6) is -1.46. The molecule has 0 bridgehead atoms. The van der Waals surface area contributed by atoms with Gasteiger partial charge in [-0.3, -0.25) is 23.9 Å². The largest absolute Gasteiger partial charge is 0.416 e. The highest BCUT2D eigenvalue weighted by Crippen LogP contribution is 2.34. The number of hydrogen-bond acceptors (Lipinski definition) is 6. The first-order valence-corrected chi connectivity index (χ1v) is 12.4. The molecule has 3 aromatic carbocycles. The smallest absolute Gasteiger partial charge is 0.302 e. The van der Waals surface area contributed by atoms with Gasteiger partial charge in [0.05, 0.1) is 40.5 Å². The van der Waals surface area contributed by atoms with Gasteiger partial charge < -0.3 is 4.90 Å². The molecular formula is C28H21ClF3N5O3. The summed E-state index contributed by atoms with van der Waals surface area (Å²) in [6, 6.07) is 15.1. The third-order valence-corrected chi connectivity index (χ3v) is 6.69. The van der Waals surface area contributed by atoms with Crippen LogP contribution in [0.2, 0.25) is 5.02 Å². The van der Waals surface area contributed by atoms with Gasteiger partial charge in [-0.05, 0) is 56.6 Å². The summed E-state index contributed by atoms with van der Waals surface area (Å²) in [7, 11) is 3.51. The Kier molecular flexibility index (Phi) is 7.03. The van der Waals surface area contributed by atoms with E-state index in [-0.39, 0.29) is 57.7 Å². The number of fused-ring (bicyclic) bond motifs is 1. The van der Waals surface area contributed by atoms with Crippen molar-refractivity contribution in [2.24, 2.45) is 0 Å². The second-order valence-corrected chi connectivity index (χ2v) is 9.79. The summed E-state index contributed by atoms with van der Waals surface area (Å²) in [5.41, 5.74) is -0.810. The van der Waals surface area contributed by atoms with Crippen molar-refractivity contribution < 1.29 is 27.6 Å². The number of amides is 2. The Labute approximate surface area is 231 Å². The number of alkyl halides is 3. The van der Waals surface area contributed by atoms with Crippen molar-refractivity contribution in [3.63, 3.8) is 0 Å². The van der Waals surface area contributed by atoms with Gasteiger partial charge in [0, 0.05) is 11.1 Å². The molecule has 2 amide bonds. The van der Waals surface area contributed by atoms with Crippen molar-refractivity contribution in [1.82, 2.24) is 24.6 Å². The normalized spacial score (nSPS) is 13.3. The average molecular weight is 568 g/mol. The third-order valence-electron chi connectivity index (χ3n) is 6.36. The highest BCUT2D eigenvalue weighted by atomic mass is 35.5. The van der Waals surface area contributed by atoms with E-state index < -0.39 is 29.3 Å². The van der Waals surface area contributed by atoms with E-state index in [0.717, 1.165) is 23.1 Å². The molecular weight excluding hydrogens is 547 g/mol. The Hall–Kier alpha value is -4.35. The van der Waals surface area contributed by atoms with Crippen LogP contribution < -0.4 is 0 Å². The zero-order chi connectivity index (χ0) is 28.8. The quantitative estimate of drug-likeness (QED) is 0.230.